The molecule has 2 rings (SSSR count). The highest BCUT2D eigenvalue weighted by atomic mass is 32.2. The summed E-state index contributed by atoms with van der Waals surface area (Å²) in [5, 5.41) is 13.8. The van der Waals surface area contributed by atoms with Crippen LogP contribution < -0.4 is 5.32 Å². The molecule has 2 nitrogen and oxygen atoms in total. The smallest absolute Gasteiger partial charge is 0.0869 e. The Morgan fingerprint density at radius 1 is 1.53 bits per heavy atom. The summed E-state index contributed by atoms with van der Waals surface area (Å²) in [6.45, 7) is 7.20. The number of thioether (sulfide) groups is 1. The number of hydrogen-bond donors (Lipinski definition) is 2. The molecule has 2 unspecified atom stereocenters. The molecule has 1 aliphatic rings. The highest BCUT2D eigenvalue weighted by Gasteiger charge is 2.31. The van der Waals surface area contributed by atoms with E-state index in [4.69, 9.17) is 0 Å². The Hall–Kier alpha value is -0.0300. The molecule has 0 radical (unpaired) electrons. The van der Waals surface area contributed by atoms with Crippen LogP contribution in [0.1, 0.15) is 34.7 Å². The van der Waals surface area contributed by atoms with E-state index in [1.807, 2.05) is 23.1 Å². The Bertz CT molecular complexity index is 383. The van der Waals surface area contributed by atoms with Gasteiger partial charge in [0, 0.05) is 28.1 Å². The van der Waals surface area contributed by atoms with Gasteiger partial charge in [0.05, 0.1) is 5.60 Å². The molecule has 1 aromatic rings. The van der Waals surface area contributed by atoms with Crippen molar-refractivity contribution < 1.29 is 5.11 Å². The van der Waals surface area contributed by atoms with Crippen molar-refractivity contribution in [2.75, 3.05) is 18.1 Å². The minimum atomic E-state index is -0.488. The van der Waals surface area contributed by atoms with Crippen molar-refractivity contribution in [3.05, 3.63) is 21.4 Å². The highest BCUT2D eigenvalue weighted by Crippen LogP contribution is 2.29. The van der Waals surface area contributed by atoms with Gasteiger partial charge in [0.2, 0.25) is 0 Å². The fourth-order valence-electron chi connectivity index (χ4n) is 2.27. The van der Waals surface area contributed by atoms with Crippen LogP contribution >= 0.6 is 23.1 Å². The zero-order valence-corrected chi connectivity index (χ0v) is 12.4. The summed E-state index contributed by atoms with van der Waals surface area (Å²) in [6.07, 6.45) is 0.916. The van der Waals surface area contributed by atoms with E-state index in [0.717, 1.165) is 17.9 Å². The van der Waals surface area contributed by atoms with E-state index in [1.165, 1.54) is 15.3 Å². The standard InChI is InChI=1S/C13H21NOS2/c1-9-6-12(11(3)17-9)10(2)14-7-13(15)4-5-16-8-13/h6,10,14-15H,4-5,7-8H2,1-3H3. The van der Waals surface area contributed by atoms with Crippen LogP contribution in [0.4, 0.5) is 0 Å². The first-order valence-corrected chi connectivity index (χ1v) is 8.08. The summed E-state index contributed by atoms with van der Waals surface area (Å²) in [5.41, 5.74) is 0.888. The van der Waals surface area contributed by atoms with Crippen LogP contribution in [-0.2, 0) is 0 Å². The van der Waals surface area contributed by atoms with Crippen LogP contribution in [0, 0.1) is 13.8 Å². The van der Waals surface area contributed by atoms with Gasteiger partial charge in [-0.05, 0) is 44.6 Å². The maximum Gasteiger partial charge on any atom is 0.0869 e. The Balaban J connectivity index is 1.93. The zero-order chi connectivity index (χ0) is 12.5. The lowest BCUT2D eigenvalue weighted by molar-refractivity contribution is 0.0651. The van der Waals surface area contributed by atoms with Gasteiger partial charge in [-0.1, -0.05) is 0 Å². The van der Waals surface area contributed by atoms with Crippen LogP contribution in [0.25, 0.3) is 0 Å². The Morgan fingerprint density at radius 3 is 2.82 bits per heavy atom. The molecule has 0 aliphatic carbocycles. The van der Waals surface area contributed by atoms with E-state index in [9.17, 15) is 5.11 Å². The molecule has 17 heavy (non-hydrogen) atoms. The van der Waals surface area contributed by atoms with Gasteiger partial charge in [-0.15, -0.1) is 11.3 Å². The molecule has 0 spiro atoms. The molecule has 2 N–H and O–H groups in total. The quantitative estimate of drug-likeness (QED) is 0.883. The SMILES string of the molecule is Cc1cc(C(C)NCC2(O)CCSC2)c(C)s1. The molecule has 96 valence electrons. The van der Waals surface area contributed by atoms with Gasteiger partial charge in [-0.3, -0.25) is 0 Å². The number of aliphatic hydroxyl groups is 1. The number of aryl methyl sites for hydroxylation is 2. The fraction of sp³-hybridized carbons (Fsp3) is 0.692. The van der Waals surface area contributed by atoms with Gasteiger partial charge in [0.25, 0.3) is 0 Å². The van der Waals surface area contributed by atoms with Crippen molar-refractivity contribution >= 4 is 23.1 Å². The highest BCUT2D eigenvalue weighted by molar-refractivity contribution is 7.99. The summed E-state index contributed by atoms with van der Waals surface area (Å²) in [6, 6.07) is 2.58. The van der Waals surface area contributed by atoms with Gasteiger partial charge in [-0.25, -0.2) is 0 Å². The number of rotatable bonds is 4. The van der Waals surface area contributed by atoms with E-state index in [-0.39, 0.29) is 0 Å². The maximum absolute atomic E-state index is 10.3. The van der Waals surface area contributed by atoms with Crippen molar-refractivity contribution in [3.63, 3.8) is 0 Å². The minimum absolute atomic E-state index is 0.328. The minimum Gasteiger partial charge on any atom is -0.388 e. The number of hydrogen-bond acceptors (Lipinski definition) is 4. The summed E-state index contributed by atoms with van der Waals surface area (Å²) in [5.74, 6) is 1.96. The fourth-order valence-corrected chi connectivity index (χ4v) is 4.59. The van der Waals surface area contributed by atoms with Crippen LogP contribution in [0.15, 0.2) is 6.07 Å². The molecule has 4 heteroatoms. The monoisotopic (exact) mass is 271 g/mol. The van der Waals surface area contributed by atoms with Crippen molar-refractivity contribution in [2.24, 2.45) is 0 Å². The number of thiophene rings is 1. The first-order valence-electron chi connectivity index (χ1n) is 6.11. The average Bonchev–Trinajstić information content (AvgIpc) is 2.83. The second-order valence-electron chi connectivity index (χ2n) is 5.00. The second-order valence-corrected chi connectivity index (χ2v) is 7.56. The molecular formula is C13H21NOS2. The van der Waals surface area contributed by atoms with E-state index in [2.05, 4.69) is 32.2 Å². The van der Waals surface area contributed by atoms with E-state index < -0.39 is 5.60 Å². The maximum atomic E-state index is 10.3. The van der Waals surface area contributed by atoms with Gasteiger partial charge >= 0.3 is 0 Å². The molecule has 1 saturated heterocycles. The lowest BCUT2D eigenvalue weighted by Crippen LogP contribution is -2.41. The normalized spacial score (nSPS) is 26.4. The topological polar surface area (TPSA) is 32.3 Å². The predicted molar refractivity (Wildman–Crippen MR) is 77.1 cm³/mol. The molecule has 1 aromatic heterocycles. The Labute approximate surface area is 112 Å². The third kappa shape index (κ3) is 3.25. The molecule has 0 bridgehead atoms. The molecule has 0 saturated carbocycles. The molecule has 1 aliphatic heterocycles. The van der Waals surface area contributed by atoms with Gasteiger partial charge in [0.15, 0.2) is 0 Å². The second kappa shape index (κ2) is 5.31. The van der Waals surface area contributed by atoms with Crippen molar-refractivity contribution in [1.29, 1.82) is 0 Å². The van der Waals surface area contributed by atoms with Gasteiger partial charge < -0.3 is 10.4 Å². The molecule has 0 aromatic carbocycles. The summed E-state index contributed by atoms with van der Waals surface area (Å²) < 4.78 is 0. The van der Waals surface area contributed by atoms with Crippen LogP contribution in [0.3, 0.4) is 0 Å². The Morgan fingerprint density at radius 2 is 2.29 bits per heavy atom. The van der Waals surface area contributed by atoms with E-state index in [1.54, 1.807) is 0 Å². The molecule has 0 amide bonds. The Kier molecular flexibility index (Phi) is 4.18. The van der Waals surface area contributed by atoms with Crippen molar-refractivity contribution in [2.45, 2.75) is 38.8 Å². The van der Waals surface area contributed by atoms with E-state index >= 15 is 0 Å². The molecule has 2 heterocycles. The molecular weight excluding hydrogens is 250 g/mol. The zero-order valence-electron chi connectivity index (χ0n) is 10.7. The first-order chi connectivity index (χ1) is 8.00. The first kappa shape index (κ1) is 13.4. The lowest BCUT2D eigenvalue weighted by Gasteiger charge is -2.24. The third-order valence-corrected chi connectivity index (χ3v) is 5.58. The largest absolute Gasteiger partial charge is 0.388 e. The van der Waals surface area contributed by atoms with Gasteiger partial charge in [0.1, 0.15) is 0 Å². The summed E-state index contributed by atoms with van der Waals surface area (Å²) in [4.78, 5) is 2.75. The van der Waals surface area contributed by atoms with E-state index in [0.29, 0.717) is 12.6 Å². The predicted octanol–water partition coefficient (Wildman–Crippen LogP) is 2.88. The van der Waals surface area contributed by atoms with Crippen molar-refractivity contribution in [3.8, 4) is 0 Å². The lowest BCUT2D eigenvalue weighted by atomic mass is 10.0. The van der Waals surface area contributed by atoms with Gasteiger partial charge in [-0.2, -0.15) is 11.8 Å². The third-order valence-electron chi connectivity index (χ3n) is 3.37. The van der Waals surface area contributed by atoms with Crippen LogP contribution in [0.5, 0.6) is 0 Å². The summed E-state index contributed by atoms with van der Waals surface area (Å²) in [7, 11) is 0. The number of nitrogens with one attached hydrogen (secondary N) is 1. The molecule has 2 atom stereocenters. The van der Waals surface area contributed by atoms with Crippen LogP contribution in [0.2, 0.25) is 0 Å². The van der Waals surface area contributed by atoms with Crippen LogP contribution in [-0.4, -0.2) is 28.8 Å². The summed E-state index contributed by atoms with van der Waals surface area (Å²) >= 11 is 3.70. The van der Waals surface area contributed by atoms with Crippen molar-refractivity contribution in [1.82, 2.24) is 5.32 Å². The average molecular weight is 271 g/mol. The molecule has 1 fully saturated rings.